The van der Waals surface area contributed by atoms with Crippen LogP contribution in [0.5, 0.6) is 11.6 Å². The number of primary amides is 1. The number of aromatic nitrogens is 1. The molecule has 2 N–H and O–H groups in total. The molecule has 8 nitrogen and oxygen atoms in total. The number of ether oxygens (including phenoxy) is 2. The van der Waals surface area contributed by atoms with Gasteiger partial charge in [0, 0.05) is 24.7 Å². The Balaban J connectivity index is 1.74. The summed E-state index contributed by atoms with van der Waals surface area (Å²) in [4.78, 5) is 30.1. The number of nitriles is 1. The van der Waals surface area contributed by atoms with E-state index in [9.17, 15) is 9.59 Å². The molecule has 1 aliphatic rings. The van der Waals surface area contributed by atoms with E-state index in [2.05, 4.69) is 11.9 Å². The lowest BCUT2D eigenvalue weighted by molar-refractivity contribution is -0.129. The fourth-order valence-corrected chi connectivity index (χ4v) is 4.25. The summed E-state index contributed by atoms with van der Waals surface area (Å²) >= 11 is 0. The fraction of sp³-hybridized carbons (Fsp3) is 0.500. The lowest BCUT2D eigenvalue weighted by Gasteiger charge is -2.17. The van der Waals surface area contributed by atoms with E-state index in [4.69, 9.17) is 20.5 Å². The lowest BCUT2D eigenvalue weighted by Crippen LogP contribution is -2.28. The summed E-state index contributed by atoms with van der Waals surface area (Å²) in [6, 6.07) is 7.20. The zero-order chi connectivity index (χ0) is 23.3. The summed E-state index contributed by atoms with van der Waals surface area (Å²) in [5.41, 5.74) is 5.86. The van der Waals surface area contributed by atoms with E-state index in [1.807, 2.05) is 19.9 Å². The van der Waals surface area contributed by atoms with Crippen molar-refractivity contribution in [1.82, 2.24) is 9.88 Å². The highest BCUT2D eigenvalue weighted by molar-refractivity contribution is 6.01. The largest absolute Gasteiger partial charge is 0.490 e. The Morgan fingerprint density at radius 3 is 2.72 bits per heavy atom. The van der Waals surface area contributed by atoms with E-state index in [0.717, 1.165) is 23.6 Å². The third-order valence-corrected chi connectivity index (χ3v) is 5.87. The SMILES string of the molecule is CC[C@H]1CN(C(=O)CC#N)C[C@@H]1CCOc1nccc2cc(C(N)=O)c(OC(C)C)cc12. The molecule has 1 aliphatic heterocycles. The Bertz CT molecular complexity index is 1030. The number of likely N-dealkylation sites (tertiary alicyclic amines) is 1. The van der Waals surface area contributed by atoms with Gasteiger partial charge in [-0.2, -0.15) is 5.26 Å². The van der Waals surface area contributed by atoms with Gasteiger partial charge in [-0.25, -0.2) is 4.98 Å². The van der Waals surface area contributed by atoms with Gasteiger partial charge in [-0.1, -0.05) is 13.3 Å². The van der Waals surface area contributed by atoms with Gasteiger partial charge in [0.25, 0.3) is 5.91 Å². The first-order valence-corrected chi connectivity index (χ1v) is 11.0. The quantitative estimate of drug-likeness (QED) is 0.642. The number of benzene rings is 1. The van der Waals surface area contributed by atoms with Gasteiger partial charge in [-0.05, 0) is 55.7 Å². The molecular weight excluding hydrogens is 408 g/mol. The van der Waals surface area contributed by atoms with Crippen molar-refractivity contribution < 1.29 is 19.1 Å². The molecule has 1 fully saturated rings. The van der Waals surface area contributed by atoms with E-state index in [0.29, 0.717) is 48.7 Å². The third kappa shape index (κ3) is 5.28. The van der Waals surface area contributed by atoms with E-state index in [1.165, 1.54) is 0 Å². The van der Waals surface area contributed by atoms with Gasteiger partial charge in [0.15, 0.2) is 0 Å². The number of hydrogen-bond donors (Lipinski definition) is 1. The average Bonchev–Trinajstić information content (AvgIpc) is 3.16. The normalized spacial score (nSPS) is 18.0. The minimum Gasteiger partial charge on any atom is -0.490 e. The molecular formula is C24H30N4O4. The van der Waals surface area contributed by atoms with Gasteiger partial charge in [0.2, 0.25) is 11.8 Å². The number of pyridine rings is 1. The van der Waals surface area contributed by atoms with Crippen LogP contribution in [0.2, 0.25) is 0 Å². The maximum atomic E-state index is 12.1. The van der Waals surface area contributed by atoms with Crippen LogP contribution in [-0.4, -0.2) is 47.5 Å². The molecule has 32 heavy (non-hydrogen) atoms. The number of amides is 2. The molecule has 2 aromatic rings. The Kier molecular flexibility index (Phi) is 7.52. The Hall–Kier alpha value is -3.34. The van der Waals surface area contributed by atoms with E-state index >= 15 is 0 Å². The van der Waals surface area contributed by atoms with Gasteiger partial charge in [0.05, 0.1) is 24.3 Å². The van der Waals surface area contributed by atoms with Crippen LogP contribution in [0.1, 0.15) is 50.4 Å². The highest BCUT2D eigenvalue weighted by Crippen LogP contribution is 2.33. The topological polar surface area (TPSA) is 119 Å². The van der Waals surface area contributed by atoms with Crippen molar-refractivity contribution in [3.63, 3.8) is 0 Å². The molecule has 0 bridgehead atoms. The zero-order valence-electron chi connectivity index (χ0n) is 18.8. The second-order valence-corrected chi connectivity index (χ2v) is 8.42. The van der Waals surface area contributed by atoms with Crippen molar-refractivity contribution in [3.8, 4) is 17.7 Å². The van der Waals surface area contributed by atoms with Crippen LogP contribution in [0, 0.1) is 23.2 Å². The second-order valence-electron chi connectivity index (χ2n) is 8.42. The van der Waals surface area contributed by atoms with Gasteiger partial charge in [0.1, 0.15) is 12.2 Å². The summed E-state index contributed by atoms with van der Waals surface area (Å²) in [5, 5.41) is 10.3. The molecule has 0 spiro atoms. The summed E-state index contributed by atoms with van der Waals surface area (Å²) in [6.45, 7) is 7.68. The van der Waals surface area contributed by atoms with Crippen LogP contribution in [0.4, 0.5) is 0 Å². The van der Waals surface area contributed by atoms with Crippen molar-refractivity contribution >= 4 is 22.6 Å². The lowest BCUT2D eigenvalue weighted by atomic mass is 9.91. The van der Waals surface area contributed by atoms with Crippen LogP contribution in [0.3, 0.4) is 0 Å². The van der Waals surface area contributed by atoms with Gasteiger partial charge in [-0.3, -0.25) is 9.59 Å². The highest BCUT2D eigenvalue weighted by Gasteiger charge is 2.33. The Morgan fingerprint density at radius 2 is 2.06 bits per heavy atom. The van der Waals surface area contributed by atoms with Crippen molar-refractivity contribution in [1.29, 1.82) is 5.26 Å². The van der Waals surface area contributed by atoms with Gasteiger partial charge < -0.3 is 20.1 Å². The number of hydrogen-bond acceptors (Lipinski definition) is 6. The number of carbonyl (C=O) groups excluding carboxylic acids is 2. The van der Waals surface area contributed by atoms with Crippen LogP contribution in [0.15, 0.2) is 24.4 Å². The molecule has 2 amide bonds. The summed E-state index contributed by atoms with van der Waals surface area (Å²) < 4.78 is 11.8. The Morgan fingerprint density at radius 1 is 1.31 bits per heavy atom. The minimum absolute atomic E-state index is 0.0757. The number of fused-ring (bicyclic) bond motifs is 1. The molecule has 1 saturated heterocycles. The minimum atomic E-state index is -0.552. The fourth-order valence-electron chi connectivity index (χ4n) is 4.25. The molecule has 1 aromatic carbocycles. The summed E-state index contributed by atoms with van der Waals surface area (Å²) in [5.74, 6) is 0.934. The average molecular weight is 439 g/mol. The number of carbonyl (C=O) groups is 2. The predicted octanol–water partition coefficient (Wildman–Crippen LogP) is 3.29. The second kappa shape index (κ2) is 10.3. The molecule has 2 heterocycles. The third-order valence-electron chi connectivity index (χ3n) is 5.87. The predicted molar refractivity (Wildman–Crippen MR) is 120 cm³/mol. The molecule has 0 saturated carbocycles. The highest BCUT2D eigenvalue weighted by atomic mass is 16.5. The summed E-state index contributed by atoms with van der Waals surface area (Å²) in [6.07, 6.45) is 3.19. The zero-order valence-corrected chi connectivity index (χ0v) is 18.8. The molecule has 8 heteroatoms. The Labute approximate surface area is 188 Å². The molecule has 0 unspecified atom stereocenters. The van der Waals surface area contributed by atoms with Crippen LogP contribution >= 0.6 is 0 Å². The van der Waals surface area contributed by atoms with E-state index in [1.54, 1.807) is 29.3 Å². The number of nitrogens with zero attached hydrogens (tertiary/aromatic N) is 3. The standard InChI is InChI=1S/C24H30N4O4/c1-4-16-13-28(22(29)5-8-25)14-18(16)7-10-31-24-19-12-21(32-15(2)3)20(23(26)30)11-17(19)6-9-27-24/h6,9,11-12,15-16,18H,4-5,7,10,13-14H2,1-3H3,(H2,26,30)/t16-,18-/m0/s1. The van der Waals surface area contributed by atoms with Crippen molar-refractivity contribution in [2.75, 3.05) is 19.7 Å². The maximum absolute atomic E-state index is 12.1. The molecule has 1 aromatic heterocycles. The van der Waals surface area contributed by atoms with Crippen LogP contribution < -0.4 is 15.2 Å². The number of nitrogens with two attached hydrogens (primary N) is 1. The van der Waals surface area contributed by atoms with E-state index in [-0.39, 0.29) is 18.4 Å². The molecule has 3 rings (SSSR count). The van der Waals surface area contributed by atoms with E-state index < -0.39 is 5.91 Å². The first-order chi connectivity index (χ1) is 15.3. The molecule has 2 atom stereocenters. The molecule has 0 aliphatic carbocycles. The monoisotopic (exact) mass is 438 g/mol. The van der Waals surface area contributed by atoms with Crippen molar-refractivity contribution in [3.05, 3.63) is 30.0 Å². The smallest absolute Gasteiger partial charge is 0.252 e. The molecule has 0 radical (unpaired) electrons. The molecule has 170 valence electrons. The first kappa shape index (κ1) is 23.3. The van der Waals surface area contributed by atoms with Gasteiger partial charge in [-0.15, -0.1) is 0 Å². The maximum Gasteiger partial charge on any atom is 0.252 e. The van der Waals surface area contributed by atoms with Crippen LogP contribution in [0.25, 0.3) is 10.8 Å². The van der Waals surface area contributed by atoms with Crippen molar-refractivity contribution in [2.45, 2.75) is 46.1 Å². The summed E-state index contributed by atoms with van der Waals surface area (Å²) in [7, 11) is 0. The first-order valence-electron chi connectivity index (χ1n) is 11.0. The van der Waals surface area contributed by atoms with Crippen LogP contribution in [-0.2, 0) is 4.79 Å². The number of rotatable bonds is 9. The van der Waals surface area contributed by atoms with Crippen molar-refractivity contribution in [2.24, 2.45) is 17.6 Å². The van der Waals surface area contributed by atoms with Gasteiger partial charge >= 0.3 is 0 Å².